The van der Waals surface area contributed by atoms with Gasteiger partial charge in [-0.15, -0.1) is 0 Å². The van der Waals surface area contributed by atoms with Gasteiger partial charge in [0.05, 0.1) is 0 Å². The van der Waals surface area contributed by atoms with E-state index < -0.39 is 25.7 Å². The summed E-state index contributed by atoms with van der Waals surface area (Å²) in [6, 6.07) is 0. The molecule has 0 aliphatic carbocycles. The van der Waals surface area contributed by atoms with Crippen LogP contribution in [0.3, 0.4) is 0 Å². The third-order valence-corrected chi connectivity index (χ3v) is 0.543. The minimum atomic E-state index is -4.64. The van der Waals surface area contributed by atoms with Gasteiger partial charge < -0.3 is 30.0 Å². The minimum absolute atomic E-state index is 0.558. The molecule has 0 aromatic rings. The third-order valence-electron chi connectivity index (χ3n) is 0.543. The Morgan fingerprint density at radius 1 is 0.833 bits per heavy atom. The van der Waals surface area contributed by atoms with E-state index in [1.807, 2.05) is 0 Å². The van der Waals surface area contributed by atoms with Crippen LogP contribution in [0.5, 0.6) is 0 Å². The van der Waals surface area contributed by atoms with Crippen LogP contribution in [0.1, 0.15) is 0 Å². The molecular formula is C7H11O10P. The van der Waals surface area contributed by atoms with Crippen LogP contribution in [0.2, 0.25) is 0 Å². The molecule has 0 amide bonds. The van der Waals surface area contributed by atoms with Gasteiger partial charge in [0.25, 0.3) is 0 Å². The van der Waals surface area contributed by atoms with Gasteiger partial charge in [0.2, 0.25) is 0 Å². The highest BCUT2D eigenvalue weighted by Gasteiger charge is 2.00. The maximum atomic E-state index is 9.55. The Labute approximate surface area is 100 Å². The zero-order valence-corrected chi connectivity index (χ0v) is 9.60. The largest absolute Gasteiger partial charge is 0.478 e. The highest BCUT2D eigenvalue weighted by Crippen LogP contribution is 2.25. The predicted octanol–water partition coefficient (Wildman–Crippen LogP) is -0.960. The van der Waals surface area contributed by atoms with Gasteiger partial charge in [-0.2, -0.15) is 0 Å². The molecule has 0 saturated heterocycles. The first-order chi connectivity index (χ1) is 7.90. The van der Waals surface area contributed by atoms with Crippen molar-refractivity contribution >= 4 is 25.7 Å². The van der Waals surface area contributed by atoms with Crippen LogP contribution in [0, 0.1) is 0 Å². The molecule has 0 aromatic heterocycles. The summed E-state index contributed by atoms with van der Waals surface area (Å²) in [5, 5.41) is 23.2. The van der Waals surface area contributed by atoms with Crippen LogP contribution in [0.15, 0.2) is 24.8 Å². The van der Waals surface area contributed by atoms with Crippen molar-refractivity contribution in [3.63, 3.8) is 0 Å². The van der Waals surface area contributed by atoms with Gasteiger partial charge >= 0.3 is 25.7 Å². The number of hydrogen-bond acceptors (Lipinski definition) is 4. The molecule has 0 radical (unpaired) electrons. The smallest absolute Gasteiger partial charge is 0.466 e. The second kappa shape index (κ2) is 11.5. The van der Waals surface area contributed by atoms with Gasteiger partial charge in [0, 0.05) is 18.2 Å². The maximum Gasteiger partial charge on any atom is 0.466 e. The van der Waals surface area contributed by atoms with Gasteiger partial charge in [-0.3, -0.25) is 0 Å². The van der Waals surface area contributed by atoms with Crippen molar-refractivity contribution in [2.24, 2.45) is 0 Å². The highest BCUT2D eigenvalue weighted by molar-refractivity contribution is 7.45. The monoisotopic (exact) mass is 286 g/mol. The summed E-state index contributed by atoms with van der Waals surface area (Å²) in [5.41, 5.74) is 0. The summed E-state index contributed by atoms with van der Waals surface area (Å²) in [7, 11) is -4.64. The second-order valence-corrected chi connectivity index (χ2v) is 3.09. The highest BCUT2D eigenvalue weighted by atomic mass is 31.2. The van der Waals surface area contributed by atoms with Crippen LogP contribution in [0.4, 0.5) is 0 Å². The molecule has 0 saturated carbocycles. The lowest BCUT2D eigenvalue weighted by Gasteiger charge is -1.82. The predicted molar refractivity (Wildman–Crippen MR) is 56.5 cm³/mol. The first-order valence-corrected chi connectivity index (χ1v) is 5.24. The van der Waals surface area contributed by atoms with Gasteiger partial charge in [-0.25, -0.2) is 18.9 Å². The van der Waals surface area contributed by atoms with E-state index in [0.29, 0.717) is 12.2 Å². The molecule has 11 heteroatoms. The van der Waals surface area contributed by atoms with E-state index in [0.717, 1.165) is 6.08 Å². The summed E-state index contributed by atoms with van der Waals surface area (Å²) >= 11 is 0. The molecule has 0 spiro atoms. The molecule has 0 atom stereocenters. The average Bonchev–Trinajstić information content (AvgIpc) is 2.13. The quantitative estimate of drug-likeness (QED) is 0.278. The van der Waals surface area contributed by atoms with Crippen LogP contribution in [-0.2, 0) is 18.9 Å². The SMILES string of the molecule is C=CC(=O)O.O=C(O)/C=C\C(=O)O.O=P(O)(O)O. The van der Waals surface area contributed by atoms with E-state index in [9.17, 15) is 14.4 Å². The number of phosphoric acid groups is 1. The molecule has 104 valence electrons. The fourth-order valence-electron chi connectivity index (χ4n) is 0.143. The number of hydrogen-bond donors (Lipinski definition) is 6. The minimum Gasteiger partial charge on any atom is -0.478 e. The number of carboxylic acids is 3. The van der Waals surface area contributed by atoms with Crippen LogP contribution in [0.25, 0.3) is 0 Å². The average molecular weight is 286 g/mol. The molecule has 0 rings (SSSR count). The van der Waals surface area contributed by atoms with Crippen molar-refractivity contribution in [3.05, 3.63) is 24.8 Å². The molecule has 0 aliphatic heterocycles. The first-order valence-electron chi connectivity index (χ1n) is 3.67. The van der Waals surface area contributed by atoms with Crippen molar-refractivity contribution < 1.29 is 48.9 Å². The standard InChI is InChI=1S/C4H4O4.C3H4O2.H3O4P/c5-3(6)1-2-4(7)8;1-2-3(4)5;1-5(2,3)4/h1-2H,(H,5,6)(H,7,8);2H,1H2,(H,4,5);(H3,1,2,3,4)/b2-1-;;. The number of carboxylic acid groups (broad SMARTS) is 3. The number of rotatable bonds is 3. The summed E-state index contributed by atoms with van der Waals surface area (Å²) < 4.78 is 8.88. The lowest BCUT2D eigenvalue weighted by molar-refractivity contribution is -0.134. The number of carbonyl (C=O) groups is 3. The summed E-state index contributed by atoms with van der Waals surface area (Å²) in [6.45, 7) is 2.96. The van der Waals surface area contributed by atoms with Crippen molar-refractivity contribution in [2.45, 2.75) is 0 Å². The molecule has 6 N–H and O–H groups in total. The fourth-order valence-corrected chi connectivity index (χ4v) is 0.143. The molecule has 10 nitrogen and oxygen atoms in total. The van der Waals surface area contributed by atoms with E-state index in [1.54, 1.807) is 0 Å². The van der Waals surface area contributed by atoms with E-state index in [4.69, 9.17) is 34.6 Å². The van der Waals surface area contributed by atoms with Gasteiger partial charge in [0.1, 0.15) is 0 Å². The molecule has 0 heterocycles. The lowest BCUT2D eigenvalue weighted by Crippen LogP contribution is -1.91. The van der Waals surface area contributed by atoms with Crippen molar-refractivity contribution in [1.29, 1.82) is 0 Å². The van der Waals surface area contributed by atoms with Crippen LogP contribution < -0.4 is 0 Å². The van der Waals surface area contributed by atoms with Crippen molar-refractivity contribution in [2.75, 3.05) is 0 Å². The number of aliphatic carboxylic acids is 3. The molecule has 0 aromatic carbocycles. The molecule has 18 heavy (non-hydrogen) atoms. The van der Waals surface area contributed by atoms with Crippen molar-refractivity contribution in [1.82, 2.24) is 0 Å². The van der Waals surface area contributed by atoms with Crippen LogP contribution in [-0.4, -0.2) is 47.9 Å². The Kier molecular flexibility index (Phi) is 13.6. The molecule has 0 bridgehead atoms. The van der Waals surface area contributed by atoms with Gasteiger partial charge in [0.15, 0.2) is 0 Å². The molecule has 0 aliphatic rings. The summed E-state index contributed by atoms with van der Waals surface area (Å²) in [5.74, 6) is -3.50. The fraction of sp³-hybridized carbons (Fsp3) is 0. The summed E-state index contributed by atoms with van der Waals surface area (Å²) in [6.07, 6.45) is 1.95. The normalized spacial score (nSPS) is 9.28. The molecule has 0 unspecified atom stereocenters. The Hall–Kier alpha value is -2.00. The zero-order valence-electron chi connectivity index (χ0n) is 8.70. The Balaban J connectivity index is -0.000000197. The second-order valence-electron chi connectivity index (χ2n) is 2.07. The van der Waals surface area contributed by atoms with Crippen LogP contribution >= 0.6 is 7.82 Å². The van der Waals surface area contributed by atoms with E-state index in [1.165, 1.54) is 0 Å². The Bertz CT molecular complexity index is 340. The van der Waals surface area contributed by atoms with E-state index in [-0.39, 0.29) is 0 Å². The Morgan fingerprint density at radius 2 is 1.00 bits per heavy atom. The molecule has 0 fully saturated rings. The van der Waals surface area contributed by atoms with E-state index in [2.05, 4.69) is 6.58 Å². The third kappa shape index (κ3) is 94.6. The van der Waals surface area contributed by atoms with E-state index >= 15 is 0 Å². The lowest BCUT2D eigenvalue weighted by atomic mass is 10.5. The first kappa shape index (κ1) is 21.3. The zero-order chi connectivity index (χ0) is 15.4. The van der Waals surface area contributed by atoms with Gasteiger partial charge in [-0.1, -0.05) is 6.58 Å². The van der Waals surface area contributed by atoms with Gasteiger partial charge in [-0.05, 0) is 0 Å². The summed E-state index contributed by atoms with van der Waals surface area (Å²) in [4.78, 5) is 49.9. The maximum absolute atomic E-state index is 9.55. The Morgan fingerprint density at radius 3 is 1.06 bits per heavy atom. The topological polar surface area (TPSA) is 190 Å². The molecular weight excluding hydrogens is 275 g/mol. The van der Waals surface area contributed by atoms with Crippen molar-refractivity contribution in [3.8, 4) is 0 Å².